The summed E-state index contributed by atoms with van der Waals surface area (Å²) < 4.78 is 0. The minimum atomic E-state index is 1.12. The Bertz CT molecular complexity index is 113. The molecule has 0 saturated carbocycles. The Morgan fingerprint density at radius 1 is 0.917 bits per heavy atom. The summed E-state index contributed by atoms with van der Waals surface area (Å²) in [7, 11) is 2.19. The average molecular weight is 171 g/mol. The Morgan fingerprint density at radius 2 is 1.33 bits per heavy atom. The first-order chi connectivity index (χ1) is 5.76. The monoisotopic (exact) mass is 171 g/mol. The lowest BCUT2D eigenvalue weighted by molar-refractivity contribution is 0.156. The predicted octanol–water partition coefficient (Wildman–Crippen LogP) is 0.491. The van der Waals surface area contributed by atoms with Crippen LogP contribution in [-0.2, 0) is 0 Å². The maximum atomic E-state index is 2.48. The molecule has 3 nitrogen and oxygen atoms in total. The Balaban J connectivity index is 2.41. The van der Waals surface area contributed by atoms with Crippen LogP contribution in [0.3, 0.4) is 0 Å². The van der Waals surface area contributed by atoms with Crippen LogP contribution in [-0.4, -0.2) is 61.3 Å². The van der Waals surface area contributed by atoms with Gasteiger partial charge in [0.15, 0.2) is 0 Å². The first kappa shape index (κ1) is 9.96. The third-order valence-corrected chi connectivity index (χ3v) is 2.51. The van der Waals surface area contributed by atoms with E-state index in [1.165, 1.54) is 26.2 Å². The number of nitrogens with zero attached hydrogens (tertiary/aromatic N) is 3. The average Bonchev–Trinajstić information content (AvgIpc) is 2.26. The van der Waals surface area contributed by atoms with Gasteiger partial charge >= 0.3 is 0 Å². The van der Waals surface area contributed by atoms with Crippen LogP contribution in [0.15, 0.2) is 0 Å². The number of rotatable bonds is 2. The van der Waals surface area contributed by atoms with E-state index in [2.05, 4.69) is 35.6 Å². The summed E-state index contributed by atoms with van der Waals surface area (Å²) in [6.45, 7) is 11.5. The predicted molar refractivity (Wildman–Crippen MR) is 52.0 cm³/mol. The van der Waals surface area contributed by atoms with E-state index in [-0.39, 0.29) is 0 Å². The van der Waals surface area contributed by atoms with Crippen LogP contribution in [0.1, 0.15) is 13.8 Å². The highest BCUT2D eigenvalue weighted by molar-refractivity contribution is 4.65. The van der Waals surface area contributed by atoms with Gasteiger partial charge in [-0.15, -0.1) is 0 Å². The molecule has 0 aromatic carbocycles. The van der Waals surface area contributed by atoms with Crippen molar-refractivity contribution >= 4 is 0 Å². The van der Waals surface area contributed by atoms with E-state index in [4.69, 9.17) is 0 Å². The smallest absolute Gasteiger partial charge is 0.0515 e. The number of hydrogen-bond donors (Lipinski definition) is 0. The van der Waals surface area contributed by atoms with Gasteiger partial charge in [0.2, 0.25) is 0 Å². The molecular formula is C9H21N3. The Morgan fingerprint density at radius 3 is 1.67 bits per heavy atom. The van der Waals surface area contributed by atoms with Crippen LogP contribution in [0.25, 0.3) is 0 Å². The van der Waals surface area contributed by atoms with Crippen molar-refractivity contribution in [1.82, 2.24) is 14.7 Å². The molecule has 0 aliphatic carbocycles. The summed E-state index contributed by atoms with van der Waals surface area (Å²) in [5.74, 6) is 0. The standard InChI is InChI=1S/C9H21N3/c1-4-11-6-7-12(5-2)9-10(3)8-11/h4-9H2,1-3H3. The second kappa shape index (κ2) is 4.80. The van der Waals surface area contributed by atoms with Gasteiger partial charge in [0, 0.05) is 13.1 Å². The summed E-state index contributed by atoms with van der Waals surface area (Å²) in [4.78, 5) is 7.34. The molecule has 3 heteroatoms. The second-order valence-corrected chi connectivity index (χ2v) is 3.56. The molecule has 0 unspecified atom stereocenters. The van der Waals surface area contributed by atoms with Crippen LogP contribution in [0.5, 0.6) is 0 Å². The van der Waals surface area contributed by atoms with Crippen LogP contribution in [0.4, 0.5) is 0 Å². The van der Waals surface area contributed by atoms with Gasteiger partial charge in [-0.3, -0.25) is 14.7 Å². The maximum absolute atomic E-state index is 2.48. The summed E-state index contributed by atoms with van der Waals surface area (Å²) >= 11 is 0. The van der Waals surface area contributed by atoms with Gasteiger partial charge in [-0.1, -0.05) is 13.8 Å². The molecular weight excluding hydrogens is 150 g/mol. The van der Waals surface area contributed by atoms with Gasteiger partial charge in [0.25, 0.3) is 0 Å². The van der Waals surface area contributed by atoms with Crippen molar-refractivity contribution in [2.24, 2.45) is 0 Å². The first-order valence-corrected chi connectivity index (χ1v) is 4.89. The maximum Gasteiger partial charge on any atom is 0.0515 e. The molecule has 0 radical (unpaired) electrons. The molecule has 1 aliphatic heterocycles. The molecule has 0 aromatic heterocycles. The van der Waals surface area contributed by atoms with Crippen molar-refractivity contribution in [3.05, 3.63) is 0 Å². The Kier molecular flexibility index (Phi) is 3.98. The van der Waals surface area contributed by atoms with E-state index in [9.17, 15) is 0 Å². The number of likely N-dealkylation sites (N-methyl/N-ethyl adjacent to an activating group) is 2. The molecule has 12 heavy (non-hydrogen) atoms. The fourth-order valence-corrected chi connectivity index (χ4v) is 1.67. The van der Waals surface area contributed by atoms with E-state index in [0.717, 1.165) is 13.3 Å². The van der Waals surface area contributed by atoms with Gasteiger partial charge in [0.1, 0.15) is 0 Å². The van der Waals surface area contributed by atoms with Crippen molar-refractivity contribution in [1.29, 1.82) is 0 Å². The second-order valence-electron chi connectivity index (χ2n) is 3.56. The summed E-state index contributed by atoms with van der Waals surface area (Å²) in [5, 5.41) is 0. The van der Waals surface area contributed by atoms with Gasteiger partial charge in [0.05, 0.1) is 13.3 Å². The van der Waals surface area contributed by atoms with E-state index in [1.807, 2.05) is 0 Å². The van der Waals surface area contributed by atoms with Crippen molar-refractivity contribution in [2.75, 3.05) is 46.6 Å². The molecule has 1 aliphatic rings. The molecule has 0 spiro atoms. The highest BCUT2D eigenvalue weighted by atomic mass is 15.4. The molecule has 1 rings (SSSR count). The fraction of sp³-hybridized carbons (Fsp3) is 1.00. The fourth-order valence-electron chi connectivity index (χ4n) is 1.67. The Hall–Kier alpha value is -0.120. The minimum absolute atomic E-state index is 1.12. The zero-order valence-electron chi connectivity index (χ0n) is 8.58. The van der Waals surface area contributed by atoms with Crippen LogP contribution >= 0.6 is 0 Å². The number of hydrogen-bond acceptors (Lipinski definition) is 3. The van der Waals surface area contributed by atoms with E-state index in [0.29, 0.717) is 0 Å². The van der Waals surface area contributed by atoms with Crippen molar-refractivity contribution in [2.45, 2.75) is 13.8 Å². The van der Waals surface area contributed by atoms with Crippen molar-refractivity contribution < 1.29 is 0 Å². The van der Waals surface area contributed by atoms with E-state index < -0.39 is 0 Å². The van der Waals surface area contributed by atoms with E-state index in [1.54, 1.807) is 0 Å². The normalized spacial score (nSPS) is 24.2. The Labute approximate surface area is 75.9 Å². The molecule has 0 amide bonds. The summed E-state index contributed by atoms with van der Waals surface area (Å²) in [5.41, 5.74) is 0. The molecule has 1 heterocycles. The summed E-state index contributed by atoms with van der Waals surface area (Å²) in [6.07, 6.45) is 0. The molecule has 1 fully saturated rings. The van der Waals surface area contributed by atoms with Gasteiger partial charge in [-0.2, -0.15) is 0 Å². The van der Waals surface area contributed by atoms with Crippen LogP contribution < -0.4 is 0 Å². The third-order valence-electron chi connectivity index (χ3n) is 2.51. The van der Waals surface area contributed by atoms with Gasteiger partial charge in [-0.05, 0) is 20.1 Å². The highest BCUT2D eigenvalue weighted by Crippen LogP contribution is 2.01. The first-order valence-electron chi connectivity index (χ1n) is 4.89. The SMILES string of the molecule is CCN1CCN(CC)CN(C)C1. The molecule has 0 atom stereocenters. The lowest BCUT2D eigenvalue weighted by atomic mass is 10.5. The lowest BCUT2D eigenvalue weighted by Gasteiger charge is -2.23. The quantitative estimate of drug-likeness (QED) is 0.599. The van der Waals surface area contributed by atoms with Crippen LogP contribution in [0, 0.1) is 0 Å². The highest BCUT2D eigenvalue weighted by Gasteiger charge is 2.14. The third kappa shape index (κ3) is 2.73. The van der Waals surface area contributed by atoms with E-state index >= 15 is 0 Å². The van der Waals surface area contributed by atoms with Gasteiger partial charge < -0.3 is 0 Å². The van der Waals surface area contributed by atoms with Crippen molar-refractivity contribution in [3.63, 3.8) is 0 Å². The van der Waals surface area contributed by atoms with Crippen molar-refractivity contribution in [3.8, 4) is 0 Å². The molecule has 0 aromatic rings. The largest absolute Gasteiger partial charge is 0.289 e. The zero-order chi connectivity index (χ0) is 8.97. The summed E-state index contributed by atoms with van der Waals surface area (Å²) in [6, 6.07) is 0. The molecule has 1 saturated heterocycles. The molecule has 72 valence electrons. The molecule has 0 N–H and O–H groups in total. The minimum Gasteiger partial charge on any atom is -0.289 e. The lowest BCUT2D eigenvalue weighted by Crippen LogP contribution is -2.35. The topological polar surface area (TPSA) is 9.72 Å². The van der Waals surface area contributed by atoms with Gasteiger partial charge in [-0.25, -0.2) is 0 Å². The zero-order valence-corrected chi connectivity index (χ0v) is 8.58. The van der Waals surface area contributed by atoms with Crippen LogP contribution in [0.2, 0.25) is 0 Å². The molecule has 0 bridgehead atoms.